The third-order valence-corrected chi connectivity index (χ3v) is 13.2. The molecule has 0 fully saturated rings. The Kier molecular flexibility index (Phi) is 13.2. The first-order valence-corrected chi connectivity index (χ1v) is 23.0. The molecule has 2 heterocycles. The molecule has 332 valence electrons. The van der Waals surface area contributed by atoms with Crippen LogP contribution in [0.25, 0.3) is 77.2 Å². The average molecular weight is 959 g/mol. The summed E-state index contributed by atoms with van der Waals surface area (Å²) in [5.41, 5.74) is 11.2. The minimum atomic E-state index is 0. The molecule has 0 aliphatic heterocycles. The quantitative estimate of drug-likeness (QED) is 0.0814. The van der Waals surface area contributed by atoms with E-state index in [1.54, 1.807) is 6.92 Å². The predicted molar refractivity (Wildman–Crippen MR) is 275 cm³/mol. The summed E-state index contributed by atoms with van der Waals surface area (Å²) in [5.74, 6) is 2.75. The van der Waals surface area contributed by atoms with Gasteiger partial charge in [-0.15, -0.1) is 0 Å². The fourth-order valence-corrected chi connectivity index (χ4v) is 10.1. The van der Waals surface area contributed by atoms with Crippen LogP contribution in [-0.4, -0.2) is 42.0 Å². The second kappa shape index (κ2) is 19.6. The number of benzene rings is 8. The fraction of sp³-hybridized carbons (Fsp3) is 0.150. The number of aliphatic hydroxyl groups is 2. The zero-order chi connectivity index (χ0) is 45.3. The molecule has 4 N–H and O–H groups in total. The number of para-hydroxylation sites is 6. The summed E-state index contributed by atoms with van der Waals surface area (Å²) in [4.78, 5) is 0. The largest absolute Gasteiger partial charge is 0.582 e. The van der Waals surface area contributed by atoms with Crippen molar-refractivity contribution in [3.8, 4) is 56.6 Å². The number of phenols is 2. The van der Waals surface area contributed by atoms with E-state index < -0.39 is 0 Å². The molecule has 11 rings (SSSR count). The fourth-order valence-electron chi connectivity index (χ4n) is 10.1. The summed E-state index contributed by atoms with van der Waals surface area (Å²) in [7, 11) is 0. The Hall–Kier alpha value is -6.82. The molecule has 2 unspecified atom stereocenters. The Bertz CT molecular complexity index is 3100. The summed E-state index contributed by atoms with van der Waals surface area (Å²) in [6.45, 7) is 10.4. The zero-order valence-electron chi connectivity index (χ0n) is 38.2. The van der Waals surface area contributed by atoms with Crippen LogP contribution in [-0.2, 0) is 26.2 Å². The minimum absolute atomic E-state index is 0. The smallest absolute Gasteiger partial charge is 0.262 e. The van der Waals surface area contributed by atoms with E-state index in [1.807, 2.05) is 24.3 Å². The summed E-state index contributed by atoms with van der Waals surface area (Å²) < 4.78 is 15.0. The second-order valence-corrected chi connectivity index (χ2v) is 17.3. The van der Waals surface area contributed by atoms with Gasteiger partial charge in [0, 0.05) is 71.0 Å². The Morgan fingerprint density at radius 1 is 0.448 bits per heavy atom. The van der Waals surface area contributed by atoms with Crippen molar-refractivity contribution < 1.29 is 45.9 Å². The number of allylic oxidation sites excluding steroid dienone is 2. The topological polar surface area (TPSA) is 75.9 Å². The molecular weight excluding hydrogens is 904 g/mol. The van der Waals surface area contributed by atoms with Crippen molar-refractivity contribution in [3.63, 3.8) is 0 Å². The molecule has 1 aliphatic carbocycles. The van der Waals surface area contributed by atoms with Gasteiger partial charge in [0.25, 0.3) is 11.5 Å². The Balaban J connectivity index is 0.00000185. The predicted octanol–water partition coefficient (Wildman–Crippen LogP) is 14.8. The molecule has 2 aromatic heterocycles. The Morgan fingerprint density at radius 2 is 0.761 bits per heavy atom. The summed E-state index contributed by atoms with van der Waals surface area (Å²) in [5, 5.41) is 29.0. The number of hydrogen-bond donors (Lipinski definition) is 2. The number of phenolic OH excluding ortho intramolecular Hbond substituents is 2. The van der Waals surface area contributed by atoms with Crippen molar-refractivity contribution in [1.82, 2.24) is 9.13 Å². The van der Waals surface area contributed by atoms with Crippen molar-refractivity contribution in [2.24, 2.45) is 11.8 Å². The van der Waals surface area contributed by atoms with E-state index in [0.717, 1.165) is 113 Å². The molecule has 1 aliphatic rings. The maximum absolute atomic E-state index is 12.2. The molecular formula is C60H55N2O4Zr+. The SMILES string of the molecule is Cc1cc(-c2ccccc2[OH+]CC2CC=CCC2C[OH+]c2ccccc2-c2cc(C)cc(-n3c4ccccc4c4ccccc43)c2O)c(O)c(-n2c3ccccc3c3ccccc32)c1.[CH2-]C.[Zr]. The molecule has 7 heteroatoms. The van der Waals surface area contributed by atoms with Gasteiger partial charge >= 0.3 is 0 Å². The van der Waals surface area contributed by atoms with E-state index in [0.29, 0.717) is 13.2 Å². The van der Waals surface area contributed by atoms with E-state index in [1.165, 1.54) is 0 Å². The van der Waals surface area contributed by atoms with Crippen LogP contribution in [0.1, 0.15) is 30.9 Å². The molecule has 0 bridgehead atoms. The van der Waals surface area contributed by atoms with Crippen LogP contribution >= 0.6 is 0 Å². The van der Waals surface area contributed by atoms with Crippen LogP contribution in [0.4, 0.5) is 0 Å². The standard InChI is InChI=1S/C58H48N2O4.C2H5.Zr/c1-37-31-47(57(61)53(33-37)59-49-25-11-5-19-41(49)42-20-6-12-26-50(42)59)45-23-9-15-29-55(45)63-35-39-17-3-4-18-40(39)36-64-56-30-16-10-24-46(56)48-32-38(2)34-54(58(48)62)60-51-27-13-7-21-43(51)44-22-8-14-28-52(44)60;1-2;/h3-16,19-34,39-40,61-62H,17-18,35-36H2,1-2H3;1H2,2H3;/q;-1;/p+2. The van der Waals surface area contributed by atoms with Crippen molar-refractivity contribution in [2.75, 3.05) is 13.2 Å². The molecule has 10 aromatic rings. The van der Waals surface area contributed by atoms with Crippen molar-refractivity contribution >= 4 is 43.6 Å². The van der Waals surface area contributed by atoms with Crippen molar-refractivity contribution in [2.45, 2.75) is 33.6 Å². The van der Waals surface area contributed by atoms with Crippen LogP contribution < -0.4 is 0 Å². The maximum Gasteiger partial charge on any atom is 0.262 e. The molecule has 0 saturated heterocycles. The minimum Gasteiger partial charge on any atom is -0.582 e. The van der Waals surface area contributed by atoms with Gasteiger partial charge in [0.05, 0.1) is 56.4 Å². The number of aromatic hydroxyl groups is 4. The normalized spacial score (nSPS) is 14.5. The van der Waals surface area contributed by atoms with Crippen LogP contribution in [0.3, 0.4) is 0 Å². The number of hydrogen-bond acceptors (Lipinski definition) is 2. The van der Waals surface area contributed by atoms with E-state index in [-0.39, 0.29) is 49.5 Å². The summed E-state index contributed by atoms with van der Waals surface area (Å²) in [6, 6.07) is 58.2. The van der Waals surface area contributed by atoms with Crippen LogP contribution in [0.2, 0.25) is 0 Å². The van der Waals surface area contributed by atoms with Gasteiger partial charge in [0.1, 0.15) is 11.5 Å². The summed E-state index contributed by atoms with van der Waals surface area (Å²) in [6.07, 6.45) is 6.40. The molecule has 0 spiro atoms. The van der Waals surface area contributed by atoms with E-state index in [4.69, 9.17) is 9.47 Å². The monoisotopic (exact) mass is 957 g/mol. The first kappa shape index (κ1) is 45.3. The van der Waals surface area contributed by atoms with Crippen LogP contribution in [0.5, 0.6) is 23.0 Å². The van der Waals surface area contributed by atoms with Gasteiger partial charge in [-0.25, -0.2) is 0 Å². The molecule has 0 amide bonds. The van der Waals surface area contributed by atoms with Gasteiger partial charge in [-0.3, -0.25) is 0 Å². The number of rotatable bonds is 10. The van der Waals surface area contributed by atoms with Gasteiger partial charge in [-0.2, -0.15) is 6.92 Å². The van der Waals surface area contributed by atoms with Crippen LogP contribution in [0.15, 0.2) is 182 Å². The first-order valence-electron chi connectivity index (χ1n) is 23.0. The van der Waals surface area contributed by atoms with E-state index >= 15 is 0 Å². The number of ether oxygens (including phenoxy) is 2. The van der Waals surface area contributed by atoms with Gasteiger partial charge in [0.2, 0.25) is 0 Å². The van der Waals surface area contributed by atoms with Gasteiger partial charge in [-0.05, 0) is 98.5 Å². The van der Waals surface area contributed by atoms with Gasteiger partial charge in [0.15, 0.2) is 13.2 Å². The maximum atomic E-state index is 12.2. The van der Waals surface area contributed by atoms with Gasteiger partial charge < -0.3 is 35.7 Å². The molecule has 0 saturated carbocycles. The number of fused-ring (bicyclic) bond motifs is 6. The van der Waals surface area contributed by atoms with Crippen molar-refractivity contribution in [3.05, 3.63) is 200 Å². The van der Waals surface area contributed by atoms with Gasteiger partial charge in [-0.1, -0.05) is 109 Å². The first-order chi connectivity index (χ1) is 32.4. The Morgan fingerprint density at radius 3 is 1.12 bits per heavy atom. The van der Waals surface area contributed by atoms with E-state index in [2.05, 4.69) is 188 Å². The molecule has 6 nitrogen and oxygen atoms in total. The zero-order valence-corrected chi connectivity index (χ0v) is 40.7. The molecule has 0 radical (unpaired) electrons. The second-order valence-electron chi connectivity index (χ2n) is 17.3. The molecule has 8 aromatic carbocycles. The number of aromatic nitrogens is 2. The van der Waals surface area contributed by atoms with E-state index in [9.17, 15) is 10.2 Å². The van der Waals surface area contributed by atoms with Crippen LogP contribution in [0, 0.1) is 32.6 Å². The Labute approximate surface area is 411 Å². The summed E-state index contributed by atoms with van der Waals surface area (Å²) >= 11 is 0. The third-order valence-electron chi connectivity index (χ3n) is 13.2. The number of nitrogens with zero attached hydrogens (tertiary/aromatic N) is 2. The number of aryl methyl sites for hydroxylation is 2. The average Bonchev–Trinajstić information content (AvgIpc) is 3.88. The molecule has 67 heavy (non-hydrogen) atoms. The van der Waals surface area contributed by atoms with Crippen molar-refractivity contribution in [1.29, 1.82) is 0 Å². The third kappa shape index (κ3) is 8.36. The molecule has 2 atom stereocenters.